The minimum atomic E-state index is -3.92. The zero-order chi connectivity index (χ0) is 27.0. The molecule has 204 valence electrons. The molecule has 0 bridgehead atoms. The number of benzene rings is 2. The Bertz CT molecular complexity index is 1100. The maximum Gasteiger partial charge on any atom is 0.407 e. The number of nitrogens with zero attached hydrogens (tertiary/aromatic N) is 1. The summed E-state index contributed by atoms with van der Waals surface area (Å²) < 4.78 is 45.2. The summed E-state index contributed by atoms with van der Waals surface area (Å²) in [5.74, 6) is 0.553. The second-order valence-electron chi connectivity index (χ2n) is 9.43. The van der Waals surface area contributed by atoms with Crippen LogP contribution in [0.15, 0.2) is 53.4 Å². The average Bonchev–Trinajstić information content (AvgIpc) is 3.37. The van der Waals surface area contributed by atoms with Crippen LogP contribution in [0.2, 0.25) is 0 Å². The molecular weight excluding hydrogens is 611 g/mol. The van der Waals surface area contributed by atoms with Gasteiger partial charge in [0.15, 0.2) is 0 Å². The standard InChI is InChI=1S/C26H35IN2O7S/c1-18(2)15-29(37(32,33)23-10-8-21(34-3)9-11-23)16-25(30)24(14-19-4-6-20(27)7-5-19)28-26(31)36-22-12-13-35-17-22/h4-11,18,22,24-25,30H,12-17H2,1-3H3,(H,28,31)/t22-,24-,25+/m0/s1. The fourth-order valence-corrected chi connectivity index (χ4v) is 5.99. The zero-order valence-electron chi connectivity index (χ0n) is 21.3. The fourth-order valence-electron chi connectivity index (χ4n) is 4.01. The van der Waals surface area contributed by atoms with Gasteiger partial charge in [-0.25, -0.2) is 13.2 Å². The Labute approximate surface area is 232 Å². The number of halogens is 1. The number of rotatable bonds is 12. The van der Waals surface area contributed by atoms with Gasteiger partial charge in [0.25, 0.3) is 0 Å². The van der Waals surface area contributed by atoms with E-state index in [1.807, 2.05) is 38.1 Å². The Kier molecular flexibility index (Phi) is 11.0. The third-order valence-corrected chi connectivity index (χ3v) is 8.52. The van der Waals surface area contributed by atoms with Gasteiger partial charge in [0.2, 0.25) is 10.0 Å². The molecule has 11 heteroatoms. The molecule has 2 aromatic rings. The smallest absolute Gasteiger partial charge is 0.407 e. The summed E-state index contributed by atoms with van der Waals surface area (Å²) in [6.45, 7) is 4.68. The van der Waals surface area contributed by atoms with Crippen LogP contribution < -0.4 is 10.1 Å². The van der Waals surface area contributed by atoms with E-state index in [2.05, 4.69) is 27.9 Å². The first-order chi connectivity index (χ1) is 17.6. The number of carbonyl (C=O) groups is 1. The SMILES string of the molecule is COc1ccc(S(=O)(=O)N(CC(C)C)C[C@@H](O)[C@H](Cc2ccc(I)cc2)NC(=O)O[C@H]2CCOC2)cc1. The first-order valence-corrected chi connectivity index (χ1v) is 14.7. The van der Waals surface area contributed by atoms with Crippen molar-refractivity contribution in [3.63, 3.8) is 0 Å². The van der Waals surface area contributed by atoms with Gasteiger partial charge in [-0.1, -0.05) is 26.0 Å². The minimum Gasteiger partial charge on any atom is -0.497 e. The summed E-state index contributed by atoms with van der Waals surface area (Å²) in [6.07, 6.45) is -1.30. The third kappa shape index (κ3) is 8.81. The van der Waals surface area contributed by atoms with Crippen LogP contribution in [0, 0.1) is 9.49 Å². The Hall–Kier alpha value is -1.93. The van der Waals surface area contributed by atoms with E-state index in [4.69, 9.17) is 14.2 Å². The van der Waals surface area contributed by atoms with E-state index in [9.17, 15) is 18.3 Å². The Morgan fingerprint density at radius 2 is 1.84 bits per heavy atom. The van der Waals surface area contributed by atoms with Gasteiger partial charge in [-0.3, -0.25) is 0 Å². The van der Waals surface area contributed by atoms with Gasteiger partial charge < -0.3 is 24.6 Å². The molecule has 0 radical (unpaired) electrons. The monoisotopic (exact) mass is 646 g/mol. The van der Waals surface area contributed by atoms with Crippen molar-refractivity contribution in [1.82, 2.24) is 9.62 Å². The third-order valence-electron chi connectivity index (χ3n) is 5.95. The van der Waals surface area contributed by atoms with Gasteiger partial charge in [-0.05, 0) is 76.9 Å². The second kappa shape index (κ2) is 13.7. The van der Waals surface area contributed by atoms with E-state index in [0.29, 0.717) is 31.8 Å². The van der Waals surface area contributed by atoms with E-state index in [1.165, 1.54) is 23.5 Å². The predicted molar refractivity (Wildman–Crippen MR) is 148 cm³/mol. The highest BCUT2D eigenvalue weighted by molar-refractivity contribution is 14.1. The number of amides is 1. The van der Waals surface area contributed by atoms with E-state index in [-0.39, 0.29) is 30.0 Å². The Morgan fingerprint density at radius 3 is 2.41 bits per heavy atom. The number of nitrogens with one attached hydrogen (secondary N) is 1. The van der Waals surface area contributed by atoms with E-state index < -0.39 is 28.3 Å². The van der Waals surface area contributed by atoms with E-state index in [0.717, 1.165) is 9.13 Å². The largest absolute Gasteiger partial charge is 0.497 e. The van der Waals surface area contributed by atoms with Gasteiger partial charge in [0.1, 0.15) is 11.9 Å². The lowest BCUT2D eigenvalue weighted by atomic mass is 10.0. The fraction of sp³-hybridized carbons (Fsp3) is 0.500. The van der Waals surface area contributed by atoms with Crippen molar-refractivity contribution in [1.29, 1.82) is 0 Å². The van der Waals surface area contributed by atoms with Crippen LogP contribution >= 0.6 is 22.6 Å². The van der Waals surface area contributed by atoms with Crippen LogP contribution in [-0.4, -0.2) is 75.6 Å². The number of hydrogen-bond acceptors (Lipinski definition) is 7. The number of ether oxygens (including phenoxy) is 3. The zero-order valence-corrected chi connectivity index (χ0v) is 24.3. The topological polar surface area (TPSA) is 114 Å². The number of methoxy groups -OCH3 is 1. The highest BCUT2D eigenvalue weighted by Crippen LogP contribution is 2.22. The molecule has 0 aromatic heterocycles. The molecule has 37 heavy (non-hydrogen) atoms. The number of sulfonamides is 1. The van der Waals surface area contributed by atoms with Crippen molar-refractivity contribution in [2.75, 3.05) is 33.4 Å². The summed E-state index contributed by atoms with van der Waals surface area (Å²) >= 11 is 2.20. The molecule has 9 nitrogen and oxygen atoms in total. The van der Waals surface area contributed by atoms with Gasteiger partial charge >= 0.3 is 6.09 Å². The molecule has 2 aromatic carbocycles. The highest BCUT2D eigenvalue weighted by Gasteiger charge is 2.32. The van der Waals surface area contributed by atoms with Crippen LogP contribution in [0.5, 0.6) is 5.75 Å². The van der Waals surface area contributed by atoms with Crippen molar-refractivity contribution in [2.24, 2.45) is 5.92 Å². The van der Waals surface area contributed by atoms with Crippen LogP contribution in [0.1, 0.15) is 25.8 Å². The minimum absolute atomic E-state index is 0.00941. The molecule has 0 saturated carbocycles. The molecule has 1 heterocycles. The van der Waals surface area contributed by atoms with Crippen molar-refractivity contribution >= 4 is 38.7 Å². The van der Waals surface area contributed by atoms with Gasteiger partial charge in [0, 0.05) is 23.1 Å². The lowest BCUT2D eigenvalue weighted by molar-refractivity contribution is 0.0644. The van der Waals surface area contributed by atoms with E-state index in [1.54, 1.807) is 12.1 Å². The Morgan fingerprint density at radius 1 is 1.16 bits per heavy atom. The molecule has 1 aliphatic heterocycles. The maximum absolute atomic E-state index is 13.5. The quantitative estimate of drug-likeness (QED) is 0.340. The number of aliphatic hydroxyl groups is 1. The first kappa shape index (κ1) is 29.6. The molecular formula is C26H35IN2O7S. The number of hydrogen-bond donors (Lipinski definition) is 2. The van der Waals surface area contributed by atoms with Gasteiger partial charge in [-0.15, -0.1) is 0 Å². The van der Waals surface area contributed by atoms with Crippen molar-refractivity contribution in [2.45, 2.75) is 49.8 Å². The van der Waals surface area contributed by atoms with E-state index >= 15 is 0 Å². The molecule has 1 aliphatic rings. The van der Waals surface area contributed by atoms with Crippen LogP contribution in [-0.2, 0) is 25.9 Å². The molecule has 2 N–H and O–H groups in total. The van der Waals surface area contributed by atoms with Gasteiger partial charge in [-0.2, -0.15) is 4.31 Å². The lowest BCUT2D eigenvalue weighted by Crippen LogP contribution is -2.51. The lowest BCUT2D eigenvalue weighted by Gasteiger charge is -2.30. The summed E-state index contributed by atoms with van der Waals surface area (Å²) in [4.78, 5) is 12.8. The predicted octanol–water partition coefficient (Wildman–Crippen LogP) is 3.43. The summed E-state index contributed by atoms with van der Waals surface area (Å²) in [5, 5.41) is 14.1. The molecule has 1 amide bonds. The summed E-state index contributed by atoms with van der Waals surface area (Å²) in [5.41, 5.74) is 0.891. The summed E-state index contributed by atoms with van der Waals surface area (Å²) in [7, 11) is -2.41. The van der Waals surface area contributed by atoms with Crippen molar-refractivity contribution < 1.29 is 32.5 Å². The number of alkyl carbamates (subject to hydrolysis) is 1. The van der Waals surface area contributed by atoms with Crippen LogP contribution in [0.4, 0.5) is 4.79 Å². The van der Waals surface area contributed by atoms with Crippen LogP contribution in [0.25, 0.3) is 0 Å². The molecule has 3 rings (SSSR count). The highest BCUT2D eigenvalue weighted by atomic mass is 127. The molecule has 0 spiro atoms. The molecule has 0 unspecified atom stereocenters. The Balaban J connectivity index is 1.81. The first-order valence-electron chi connectivity index (χ1n) is 12.2. The number of aliphatic hydroxyl groups excluding tert-OH is 1. The van der Waals surface area contributed by atoms with Gasteiger partial charge in [0.05, 0.1) is 37.4 Å². The maximum atomic E-state index is 13.5. The molecule has 1 fully saturated rings. The summed E-state index contributed by atoms with van der Waals surface area (Å²) in [6, 6.07) is 13.1. The normalized spacial score (nSPS) is 17.5. The van der Waals surface area contributed by atoms with Crippen molar-refractivity contribution in [3.8, 4) is 5.75 Å². The molecule has 3 atom stereocenters. The second-order valence-corrected chi connectivity index (χ2v) is 12.6. The molecule has 0 aliphatic carbocycles. The van der Waals surface area contributed by atoms with Crippen LogP contribution in [0.3, 0.4) is 0 Å². The molecule has 1 saturated heterocycles. The average molecular weight is 647 g/mol. The number of carbonyl (C=O) groups excluding carboxylic acids is 1. The van der Waals surface area contributed by atoms with Crippen molar-refractivity contribution in [3.05, 3.63) is 57.7 Å².